The molecule has 5 atom stereocenters. The predicted molar refractivity (Wildman–Crippen MR) is 114 cm³/mol. The van der Waals surface area contributed by atoms with Crippen molar-refractivity contribution in [3.63, 3.8) is 0 Å². The highest BCUT2D eigenvalue weighted by atomic mass is 28.4. The van der Waals surface area contributed by atoms with E-state index in [0.717, 1.165) is 12.8 Å². The lowest BCUT2D eigenvalue weighted by Gasteiger charge is -2.46. The molecule has 0 amide bonds. The number of Topliss-reactive ketones (excluding diaryl/α,β-unsaturated/α-hetero) is 1. The predicted octanol–water partition coefficient (Wildman–Crippen LogP) is 6.99. The van der Waals surface area contributed by atoms with Gasteiger partial charge in [0.25, 0.3) is 0 Å². The number of unbranched alkanes of at least 4 members (excludes halogenated alkanes) is 1. The Hall–Kier alpha value is -0.153. The zero-order valence-corrected chi connectivity index (χ0v) is 19.7. The van der Waals surface area contributed by atoms with Crippen LogP contribution in [0.4, 0.5) is 0 Å². The lowest BCUT2D eigenvalue weighted by Crippen LogP contribution is -2.53. The van der Waals surface area contributed by atoms with Gasteiger partial charge in [0.05, 0.1) is 6.10 Å². The van der Waals surface area contributed by atoms with Gasteiger partial charge < -0.3 is 4.43 Å². The average molecular weight is 381 g/mol. The maximum Gasteiger partial charge on any atom is 0.200 e. The van der Waals surface area contributed by atoms with Crippen LogP contribution in [-0.2, 0) is 9.22 Å². The van der Waals surface area contributed by atoms with E-state index < -0.39 is 8.32 Å². The number of carbonyl (C=O) groups is 1. The van der Waals surface area contributed by atoms with E-state index in [9.17, 15) is 4.79 Å². The molecule has 2 saturated carbocycles. The van der Waals surface area contributed by atoms with Gasteiger partial charge in [-0.15, -0.1) is 0 Å². The molecule has 1 unspecified atom stereocenters. The summed E-state index contributed by atoms with van der Waals surface area (Å²) in [6.07, 6.45) is 7.21. The van der Waals surface area contributed by atoms with Gasteiger partial charge in [0, 0.05) is 11.8 Å². The second-order valence-corrected chi connectivity index (χ2v) is 15.6. The zero-order chi connectivity index (χ0) is 19.6. The highest BCUT2D eigenvalue weighted by Crippen LogP contribution is 2.51. The van der Waals surface area contributed by atoms with Crippen LogP contribution in [0.1, 0.15) is 93.9 Å². The molecular weight excluding hydrogens is 336 g/mol. The van der Waals surface area contributed by atoms with Crippen molar-refractivity contribution in [1.82, 2.24) is 0 Å². The van der Waals surface area contributed by atoms with E-state index in [1.54, 1.807) is 0 Å². The van der Waals surface area contributed by atoms with E-state index in [2.05, 4.69) is 55.4 Å². The van der Waals surface area contributed by atoms with Gasteiger partial charge in [-0.1, -0.05) is 68.2 Å². The van der Waals surface area contributed by atoms with Gasteiger partial charge in [-0.3, -0.25) is 4.79 Å². The van der Waals surface area contributed by atoms with Gasteiger partial charge in [0.2, 0.25) is 8.32 Å². The largest absolute Gasteiger partial charge is 0.412 e. The minimum Gasteiger partial charge on any atom is -0.412 e. The number of rotatable bonds is 8. The molecule has 152 valence electrons. The van der Waals surface area contributed by atoms with E-state index in [-0.39, 0.29) is 17.9 Å². The van der Waals surface area contributed by atoms with Crippen LogP contribution in [0.2, 0.25) is 16.6 Å². The third-order valence-corrected chi connectivity index (χ3v) is 13.8. The molecule has 0 bridgehead atoms. The summed E-state index contributed by atoms with van der Waals surface area (Å²) in [4.78, 5) is 13.5. The van der Waals surface area contributed by atoms with Crippen LogP contribution < -0.4 is 0 Å². The van der Waals surface area contributed by atoms with Gasteiger partial charge in [0.1, 0.15) is 5.78 Å². The van der Waals surface area contributed by atoms with Gasteiger partial charge in [-0.05, 0) is 54.1 Å². The normalized spacial score (nSPS) is 32.7. The van der Waals surface area contributed by atoms with Crippen molar-refractivity contribution < 1.29 is 9.22 Å². The van der Waals surface area contributed by atoms with Crippen LogP contribution in [-0.4, -0.2) is 20.2 Å². The second kappa shape index (κ2) is 8.90. The molecule has 2 fully saturated rings. The van der Waals surface area contributed by atoms with Crippen molar-refractivity contribution >= 4 is 14.1 Å². The van der Waals surface area contributed by atoms with Gasteiger partial charge >= 0.3 is 0 Å². The molecule has 26 heavy (non-hydrogen) atoms. The Kier molecular flexibility index (Phi) is 7.58. The first-order valence-corrected chi connectivity index (χ1v) is 13.5. The number of ketones is 1. The highest BCUT2D eigenvalue weighted by Gasteiger charge is 2.53. The van der Waals surface area contributed by atoms with Crippen molar-refractivity contribution in [2.75, 3.05) is 0 Å². The fourth-order valence-corrected chi connectivity index (χ4v) is 12.1. The first-order valence-electron chi connectivity index (χ1n) is 11.4. The summed E-state index contributed by atoms with van der Waals surface area (Å²) in [6.45, 7) is 18.7. The summed E-state index contributed by atoms with van der Waals surface area (Å²) in [7, 11) is -1.92. The molecule has 2 aliphatic rings. The van der Waals surface area contributed by atoms with Crippen LogP contribution in [0.25, 0.3) is 0 Å². The van der Waals surface area contributed by atoms with E-state index in [1.165, 1.54) is 25.7 Å². The molecule has 0 aromatic rings. The molecule has 2 nitrogen and oxygen atoms in total. The van der Waals surface area contributed by atoms with Crippen LogP contribution in [0, 0.1) is 23.7 Å². The van der Waals surface area contributed by atoms with Crippen LogP contribution in [0.3, 0.4) is 0 Å². The van der Waals surface area contributed by atoms with Gasteiger partial charge in [-0.25, -0.2) is 0 Å². The first kappa shape index (κ1) is 22.1. The quantitative estimate of drug-likeness (QED) is 0.424. The Labute approximate surface area is 164 Å². The second-order valence-electron chi connectivity index (χ2n) is 10.2. The van der Waals surface area contributed by atoms with E-state index in [1.807, 2.05) is 0 Å². The Bertz CT molecular complexity index is 449. The molecule has 3 heteroatoms. The number of hydrogen-bond donors (Lipinski definition) is 0. The Morgan fingerprint density at radius 2 is 1.62 bits per heavy atom. The monoisotopic (exact) mass is 380 g/mol. The molecular formula is C23H44O2Si. The van der Waals surface area contributed by atoms with E-state index in [0.29, 0.717) is 34.2 Å². The lowest BCUT2D eigenvalue weighted by molar-refractivity contribution is -0.136. The summed E-state index contributed by atoms with van der Waals surface area (Å²) in [5.41, 5.74) is 1.78. The summed E-state index contributed by atoms with van der Waals surface area (Å²) in [5.74, 6) is 2.18. The first-order chi connectivity index (χ1) is 12.2. The number of fused-ring (bicyclic) bond motifs is 1. The summed E-state index contributed by atoms with van der Waals surface area (Å²) < 4.78 is 7.13. The molecule has 0 aromatic heterocycles. The molecule has 0 heterocycles. The van der Waals surface area contributed by atoms with Crippen LogP contribution in [0.15, 0.2) is 0 Å². The standard InChI is InChI=1S/C23H44O2Si/c1-9-10-11-20-18(8)14-19-12-13-21(22(19)23(20)24)25-26(15(2)3,16(4)5)17(6)7/h15-22H,9-14H2,1-8H3/t18-,19-,20?,21+,22+/m0/s1. The minimum atomic E-state index is -1.92. The Morgan fingerprint density at radius 1 is 1.04 bits per heavy atom. The Morgan fingerprint density at radius 3 is 2.12 bits per heavy atom. The number of carbonyl (C=O) groups excluding carboxylic acids is 1. The average Bonchev–Trinajstić information content (AvgIpc) is 2.93. The molecule has 0 spiro atoms. The van der Waals surface area contributed by atoms with Crippen molar-refractivity contribution in [3.8, 4) is 0 Å². The molecule has 0 saturated heterocycles. The Balaban J connectivity index is 2.24. The molecule has 2 rings (SSSR count). The smallest absolute Gasteiger partial charge is 0.200 e. The summed E-state index contributed by atoms with van der Waals surface area (Å²) in [5, 5.41) is 0. The van der Waals surface area contributed by atoms with Gasteiger partial charge in [0.15, 0.2) is 0 Å². The van der Waals surface area contributed by atoms with Gasteiger partial charge in [-0.2, -0.15) is 0 Å². The highest BCUT2D eigenvalue weighted by molar-refractivity contribution is 6.77. The molecule has 2 aliphatic carbocycles. The fourth-order valence-electron chi connectivity index (χ4n) is 6.54. The summed E-state index contributed by atoms with van der Waals surface area (Å²) in [6, 6.07) is 0. The SMILES string of the molecule is CCCCC1C(=O)[C@@H]2[C@@H](CC[C@H]2O[Si](C(C)C)(C(C)C)C(C)C)C[C@@H]1C. The zero-order valence-electron chi connectivity index (χ0n) is 18.7. The molecule has 0 N–H and O–H groups in total. The van der Waals surface area contributed by atoms with E-state index >= 15 is 0 Å². The molecule has 0 radical (unpaired) electrons. The lowest BCUT2D eigenvalue weighted by atomic mass is 9.67. The van der Waals surface area contributed by atoms with Crippen molar-refractivity contribution in [1.29, 1.82) is 0 Å². The fraction of sp³-hybridized carbons (Fsp3) is 0.957. The third kappa shape index (κ3) is 3.99. The maximum atomic E-state index is 13.5. The third-order valence-electron chi connectivity index (χ3n) is 7.72. The summed E-state index contributed by atoms with van der Waals surface area (Å²) >= 11 is 0. The molecule has 0 aromatic carbocycles. The van der Waals surface area contributed by atoms with Crippen molar-refractivity contribution in [2.24, 2.45) is 23.7 Å². The number of hydrogen-bond acceptors (Lipinski definition) is 2. The van der Waals surface area contributed by atoms with Crippen LogP contribution >= 0.6 is 0 Å². The topological polar surface area (TPSA) is 26.3 Å². The maximum absolute atomic E-state index is 13.5. The van der Waals surface area contributed by atoms with E-state index in [4.69, 9.17) is 4.43 Å². The van der Waals surface area contributed by atoms with Crippen LogP contribution in [0.5, 0.6) is 0 Å². The molecule has 0 aliphatic heterocycles. The van der Waals surface area contributed by atoms with Crippen molar-refractivity contribution in [2.45, 2.75) is 117 Å². The minimum absolute atomic E-state index is 0.191. The van der Waals surface area contributed by atoms with Crippen molar-refractivity contribution in [3.05, 3.63) is 0 Å².